The zero-order valence-corrected chi connectivity index (χ0v) is 14.2. The van der Waals surface area contributed by atoms with Crippen LogP contribution in [0.15, 0.2) is 36.4 Å². The lowest BCUT2D eigenvalue weighted by atomic mass is 9.38. The summed E-state index contributed by atoms with van der Waals surface area (Å²) in [6.45, 7) is 8.02. The van der Waals surface area contributed by atoms with E-state index in [-0.39, 0.29) is 18.1 Å². The van der Waals surface area contributed by atoms with Gasteiger partial charge in [-0.05, 0) is 55.0 Å². The minimum atomic E-state index is -0.168. The molecule has 1 N–H and O–H groups in total. The lowest BCUT2D eigenvalue weighted by Gasteiger charge is -2.23. The van der Waals surface area contributed by atoms with Crippen LogP contribution in [-0.2, 0) is 0 Å². The summed E-state index contributed by atoms with van der Waals surface area (Å²) in [4.78, 5) is 12.8. The number of carbonyl (C=O) groups excluding carboxylic acids is 1. The zero-order valence-electron chi connectivity index (χ0n) is 14.2. The first kappa shape index (κ1) is 17.1. The second-order valence-corrected chi connectivity index (χ2v) is 5.55. The monoisotopic (exact) mass is 310 g/mol. The minimum absolute atomic E-state index is 0.0944. The molecule has 23 heavy (non-hydrogen) atoms. The van der Waals surface area contributed by atoms with Crippen molar-refractivity contribution in [1.82, 2.24) is 0 Å². The number of benzene rings is 2. The molecule has 0 saturated carbocycles. The normalized spacial score (nSPS) is 12.6. The van der Waals surface area contributed by atoms with E-state index in [1.54, 1.807) is 12.1 Å². The molecule has 3 nitrogen and oxygen atoms in total. The summed E-state index contributed by atoms with van der Waals surface area (Å²) in [7, 11) is 0. The maximum atomic E-state index is 12.8. The Balaban J connectivity index is 0.000000924. The van der Waals surface area contributed by atoms with Crippen LogP contribution in [0.3, 0.4) is 0 Å². The number of fused-ring (bicyclic) bond motifs is 1. The third-order valence-corrected chi connectivity index (χ3v) is 4.05. The molecular formula is C19H23BO3. The van der Waals surface area contributed by atoms with Gasteiger partial charge < -0.3 is 14.6 Å². The van der Waals surface area contributed by atoms with Gasteiger partial charge in [-0.1, -0.05) is 32.0 Å². The van der Waals surface area contributed by atoms with Crippen LogP contribution < -0.4 is 10.2 Å². The Hall–Kier alpha value is -2.23. The molecule has 0 radical (unpaired) electrons. The van der Waals surface area contributed by atoms with E-state index in [2.05, 4.69) is 0 Å². The van der Waals surface area contributed by atoms with Gasteiger partial charge in [-0.3, -0.25) is 0 Å². The highest BCUT2D eigenvalue weighted by molar-refractivity contribution is 7.02. The van der Waals surface area contributed by atoms with Gasteiger partial charge in [0.25, 0.3) is 6.71 Å². The maximum Gasteiger partial charge on any atom is 0.270 e. The largest absolute Gasteiger partial charge is 0.507 e. The fourth-order valence-corrected chi connectivity index (χ4v) is 2.91. The quantitative estimate of drug-likeness (QED) is 0.863. The average molecular weight is 310 g/mol. The van der Waals surface area contributed by atoms with E-state index in [9.17, 15) is 9.90 Å². The van der Waals surface area contributed by atoms with Gasteiger partial charge in [-0.2, -0.15) is 0 Å². The van der Waals surface area contributed by atoms with Crippen LogP contribution >= 0.6 is 0 Å². The second-order valence-electron chi connectivity index (χ2n) is 5.55. The Kier molecular flexibility index (Phi) is 5.48. The molecule has 0 fully saturated rings. The van der Waals surface area contributed by atoms with Gasteiger partial charge in [0.1, 0.15) is 17.2 Å². The lowest BCUT2D eigenvalue weighted by Crippen LogP contribution is -2.44. The standard InChI is InChI=1S/C17H17BO3.C2H6/c1-11-9-13(10-12(2)16(11)19)17(20)18-7-8-21-15-6-4-3-5-14(15)18;1-2/h3-6,9-10,19H,7-8H2,1-2H3;1-2H3. The van der Waals surface area contributed by atoms with E-state index in [4.69, 9.17) is 4.74 Å². The molecule has 1 heterocycles. The summed E-state index contributed by atoms with van der Waals surface area (Å²) >= 11 is 0. The molecule has 0 unspecified atom stereocenters. The van der Waals surface area contributed by atoms with Gasteiger partial charge in [0, 0.05) is 5.56 Å². The molecule has 1 aliphatic rings. The van der Waals surface area contributed by atoms with E-state index in [1.807, 2.05) is 52.0 Å². The average Bonchev–Trinajstić information content (AvgIpc) is 2.60. The molecular weight excluding hydrogens is 287 g/mol. The van der Waals surface area contributed by atoms with Gasteiger partial charge >= 0.3 is 0 Å². The number of carbonyl (C=O) groups is 1. The number of rotatable bonds is 2. The topological polar surface area (TPSA) is 46.5 Å². The highest BCUT2D eigenvalue weighted by Gasteiger charge is 2.32. The molecule has 0 spiro atoms. The minimum Gasteiger partial charge on any atom is -0.507 e. The predicted octanol–water partition coefficient (Wildman–Crippen LogP) is 3.55. The molecule has 0 aromatic heterocycles. The Morgan fingerprint density at radius 2 is 1.74 bits per heavy atom. The molecule has 1 aliphatic heterocycles. The number of phenolic OH excluding ortho intramolecular Hbond substituents is 1. The van der Waals surface area contributed by atoms with Crippen LogP contribution in [0.1, 0.15) is 35.3 Å². The highest BCUT2D eigenvalue weighted by atomic mass is 16.5. The molecule has 0 bridgehead atoms. The van der Waals surface area contributed by atoms with Crippen LogP contribution in [0.25, 0.3) is 0 Å². The maximum absolute atomic E-state index is 12.8. The fourth-order valence-electron chi connectivity index (χ4n) is 2.91. The van der Waals surface area contributed by atoms with E-state index in [0.717, 1.165) is 22.3 Å². The first-order valence-corrected chi connectivity index (χ1v) is 8.14. The van der Waals surface area contributed by atoms with Gasteiger partial charge in [-0.25, -0.2) is 0 Å². The van der Waals surface area contributed by atoms with E-state index >= 15 is 0 Å². The number of ether oxygens (including phenoxy) is 1. The summed E-state index contributed by atoms with van der Waals surface area (Å²) < 4.78 is 5.61. The SMILES string of the molecule is CC.Cc1cc(C(=O)B2CCOc3ccccc32)cc(C)c1O. The number of para-hydroxylation sites is 1. The first-order chi connectivity index (χ1) is 11.1. The van der Waals surface area contributed by atoms with Crippen molar-refractivity contribution in [1.29, 1.82) is 0 Å². The smallest absolute Gasteiger partial charge is 0.270 e. The molecule has 120 valence electrons. The number of hydrogen-bond donors (Lipinski definition) is 1. The van der Waals surface area contributed by atoms with Gasteiger partial charge in [0.2, 0.25) is 0 Å². The van der Waals surface area contributed by atoms with Crippen molar-refractivity contribution in [3.63, 3.8) is 0 Å². The van der Waals surface area contributed by atoms with E-state index in [1.165, 1.54) is 0 Å². The predicted molar refractivity (Wildman–Crippen MR) is 95.4 cm³/mol. The van der Waals surface area contributed by atoms with Crippen molar-refractivity contribution in [2.45, 2.75) is 34.0 Å². The van der Waals surface area contributed by atoms with Crippen LogP contribution in [0.4, 0.5) is 0 Å². The Labute approximate surface area is 138 Å². The van der Waals surface area contributed by atoms with Crippen LogP contribution in [0.2, 0.25) is 6.32 Å². The van der Waals surface area contributed by atoms with Crippen molar-refractivity contribution in [2.75, 3.05) is 6.61 Å². The Morgan fingerprint density at radius 1 is 1.13 bits per heavy atom. The summed E-state index contributed by atoms with van der Waals surface area (Å²) in [6.07, 6.45) is 0.689. The van der Waals surface area contributed by atoms with Crippen molar-refractivity contribution in [2.24, 2.45) is 0 Å². The van der Waals surface area contributed by atoms with Crippen LogP contribution in [0, 0.1) is 13.8 Å². The summed E-state index contributed by atoms with van der Waals surface area (Å²) in [5, 5.41) is 9.85. The third-order valence-electron chi connectivity index (χ3n) is 4.05. The molecule has 0 saturated heterocycles. The number of aromatic hydroxyl groups is 1. The highest BCUT2D eigenvalue weighted by Crippen LogP contribution is 2.25. The number of aryl methyl sites for hydroxylation is 2. The third kappa shape index (κ3) is 3.41. The van der Waals surface area contributed by atoms with Gasteiger partial charge in [0.15, 0.2) is 0 Å². The lowest BCUT2D eigenvalue weighted by molar-refractivity contribution is 0.107. The van der Waals surface area contributed by atoms with E-state index in [0.29, 0.717) is 18.5 Å². The molecule has 0 amide bonds. The molecule has 0 aliphatic carbocycles. The fraction of sp³-hybridized carbons (Fsp3) is 0.316. The zero-order chi connectivity index (χ0) is 17.0. The molecule has 0 atom stereocenters. The van der Waals surface area contributed by atoms with Gasteiger partial charge in [-0.15, -0.1) is 0 Å². The summed E-state index contributed by atoms with van der Waals surface area (Å²) in [5.41, 5.74) is 3.18. The molecule has 3 rings (SSSR count). The van der Waals surface area contributed by atoms with E-state index < -0.39 is 0 Å². The Morgan fingerprint density at radius 3 is 2.39 bits per heavy atom. The van der Waals surface area contributed by atoms with Crippen molar-refractivity contribution < 1.29 is 14.6 Å². The summed E-state index contributed by atoms with van der Waals surface area (Å²) in [5.74, 6) is 1.06. The second kappa shape index (κ2) is 7.36. The number of phenols is 1. The molecule has 4 heteroatoms. The van der Waals surface area contributed by atoms with Crippen molar-refractivity contribution in [3.05, 3.63) is 53.1 Å². The first-order valence-electron chi connectivity index (χ1n) is 8.14. The molecule has 2 aromatic rings. The Bertz CT molecular complexity index is 687. The molecule has 2 aromatic carbocycles. The summed E-state index contributed by atoms with van der Waals surface area (Å²) in [6, 6.07) is 11.2. The van der Waals surface area contributed by atoms with Crippen LogP contribution in [0.5, 0.6) is 11.5 Å². The van der Waals surface area contributed by atoms with Crippen molar-refractivity contribution >= 4 is 17.9 Å². The van der Waals surface area contributed by atoms with Gasteiger partial charge in [0.05, 0.1) is 6.61 Å². The number of hydrogen-bond acceptors (Lipinski definition) is 3. The van der Waals surface area contributed by atoms with Crippen molar-refractivity contribution in [3.8, 4) is 11.5 Å². The van der Waals surface area contributed by atoms with Crippen LogP contribution in [-0.4, -0.2) is 24.1 Å².